The molecule has 0 radical (unpaired) electrons. The lowest BCUT2D eigenvalue weighted by Gasteiger charge is -2.05. The molecule has 2 aromatic carbocycles. The summed E-state index contributed by atoms with van der Waals surface area (Å²) in [6, 6.07) is 10.6. The first kappa shape index (κ1) is 15.5. The number of rotatable bonds is 3. The largest absolute Gasteiger partial charge is 0.494 e. The monoisotopic (exact) mass is 349 g/mol. The summed E-state index contributed by atoms with van der Waals surface area (Å²) in [4.78, 5) is 0. The molecule has 0 bridgehead atoms. The normalized spacial score (nSPS) is 12.0. The van der Waals surface area contributed by atoms with Gasteiger partial charge in [-0.25, -0.2) is 0 Å². The maximum Gasteiger partial charge on any atom is 0.200 e. The van der Waals surface area contributed by atoms with Gasteiger partial charge in [0.1, 0.15) is 0 Å². The molecule has 0 amide bonds. The predicted octanol–water partition coefficient (Wildman–Crippen LogP) is 3.80. The summed E-state index contributed by atoms with van der Waals surface area (Å²) in [7, 11) is 0. The van der Waals surface area contributed by atoms with E-state index in [1.54, 1.807) is 35.0 Å². The highest BCUT2D eigenvalue weighted by atomic mass is 35.5. The molecule has 0 spiro atoms. The highest BCUT2D eigenvalue weighted by Gasteiger charge is 2.14. The Morgan fingerprint density at radius 2 is 1.87 bits per heavy atom. The van der Waals surface area contributed by atoms with E-state index in [0.29, 0.717) is 32.9 Å². The first-order valence-corrected chi connectivity index (χ1v) is 7.49. The van der Waals surface area contributed by atoms with Crippen molar-refractivity contribution in [2.24, 2.45) is 10.9 Å². The van der Waals surface area contributed by atoms with Gasteiger partial charge < -0.3 is 20.6 Å². The molecular formula is C16H13Cl2N3O2. The molecule has 0 fully saturated rings. The fraction of sp³-hybridized carbons (Fsp3) is 0.0625. The third-order valence-corrected chi connectivity index (χ3v) is 4.13. The van der Waals surface area contributed by atoms with E-state index in [9.17, 15) is 5.11 Å². The van der Waals surface area contributed by atoms with Gasteiger partial charge in [-0.15, -0.1) is 0 Å². The second-order valence-electron chi connectivity index (χ2n) is 5.11. The third-order valence-electron chi connectivity index (χ3n) is 3.58. The Balaban J connectivity index is 2.07. The van der Waals surface area contributed by atoms with Crippen LogP contribution >= 0.6 is 23.2 Å². The van der Waals surface area contributed by atoms with Crippen LogP contribution in [0.4, 0.5) is 0 Å². The molecule has 0 saturated heterocycles. The number of amidine groups is 1. The van der Waals surface area contributed by atoms with Gasteiger partial charge in [0.05, 0.1) is 17.0 Å². The number of benzene rings is 2. The van der Waals surface area contributed by atoms with E-state index >= 15 is 0 Å². The zero-order valence-corrected chi connectivity index (χ0v) is 13.4. The summed E-state index contributed by atoms with van der Waals surface area (Å²) in [6.07, 6.45) is 1.76. The Morgan fingerprint density at radius 3 is 2.52 bits per heavy atom. The molecule has 23 heavy (non-hydrogen) atoms. The molecule has 7 heteroatoms. The summed E-state index contributed by atoms with van der Waals surface area (Å²) in [5.74, 6) is 0.0183. The average molecular weight is 350 g/mol. The van der Waals surface area contributed by atoms with E-state index in [-0.39, 0.29) is 11.7 Å². The molecule has 1 heterocycles. The minimum Gasteiger partial charge on any atom is -0.494 e. The molecule has 3 aromatic rings. The van der Waals surface area contributed by atoms with E-state index in [4.69, 9.17) is 34.1 Å². The molecule has 0 unspecified atom stereocenters. The Labute approximate surface area is 142 Å². The molecular weight excluding hydrogens is 337 g/mol. The topological polar surface area (TPSA) is 83.8 Å². The zero-order chi connectivity index (χ0) is 16.6. The zero-order valence-electron chi connectivity index (χ0n) is 11.9. The lowest BCUT2D eigenvalue weighted by atomic mass is 10.1. The quantitative estimate of drug-likeness (QED) is 0.291. The molecule has 5 nitrogen and oxygen atoms in total. The predicted molar refractivity (Wildman–Crippen MR) is 91.7 cm³/mol. The second kappa shape index (κ2) is 6.02. The van der Waals surface area contributed by atoms with Crippen LogP contribution in [-0.2, 0) is 6.54 Å². The van der Waals surface area contributed by atoms with Crippen molar-refractivity contribution in [3.05, 3.63) is 63.8 Å². The van der Waals surface area contributed by atoms with Gasteiger partial charge in [-0.2, -0.15) is 0 Å². The van der Waals surface area contributed by atoms with Crippen molar-refractivity contribution in [2.45, 2.75) is 6.54 Å². The lowest BCUT2D eigenvalue weighted by Crippen LogP contribution is -2.12. The minimum absolute atomic E-state index is 0.0428. The maximum absolute atomic E-state index is 10.4. The SMILES string of the molecule is NC(=NO)c1cc(Cl)c2c(O)n(Cc3ccc(Cl)cc3)cc2c1. The summed E-state index contributed by atoms with van der Waals surface area (Å²) in [5.41, 5.74) is 7.06. The molecule has 0 aliphatic heterocycles. The van der Waals surface area contributed by atoms with Gasteiger partial charge in [0.2, 0.25) is 5.88 Å². The number of oxime groups is 1. The summed E-state index contributed by atoms with van der Waals surface area (Å²) in [6.45, 7) is 0.465. The Hall–Kier alpha value is -2.37. The Bertz CT molecular complexity index is 902. The van der Waals surface area contributed by atoms with Crippen molar-refractivity contribution < 1.29 is 10.3 Å². The van der Waals surface area contributed by atoms with Crippen LogP contribution in [0, 0.1) is 0 Å². The number of fused-ring (bicyclic) bond motifs is 1. The fourth-order valence-corrected chi connectivity index (χ4v) is 2.89. The number of nitrogens with two attached hydrogens (primary N) is 1. The third kappa shape index (κ3) is 2.93. The number of hydrogen-bond acceptors (Lipinski definition) is 3. The minimum atomic E-state index is -0.0428. The Morgan fingerprint density at radius 1 is 1.17 bits per heavy atom. The van der Waals surface area contributed by atoms with E-state index in [1.807, 2.05) is 12.1 Å². The standard InChI is InChI=1S/C16H13Cl2N3O2/c17-12-3-1-9(2-4-12)7-21-8-11-5-10(15(19)20-23)6-13(18)14(11)16(21)22/h1-6,8,22-23H,7H2,(H2,19,20). The lowest BCUT2D eigenvalue weighted by molar-refractivity contribution is 0.318. The number of nitrogens with zero attached hydrogens (tertiary/aromatic N) is 2. The summed E-state index contributed by atoms with van der Waals surface area (Å²) >= 11 is 12.1. The highest BCUT2D eigenvalue weighted by Crippen LogP contribution is 2.35. The smallest absolute Gasteiger partial charge is 0.200 e. The van der Waals surface area contributed by atoms with Gasteiger partial charge in [0, 0.05) is 22.2 Å². The molecule has 4 N–H and O–H groups in total. The molecule has 0 saturated carbocycles. The van der Waals surface area contributed by atoms with E-state index in [1.165, 1.54) is 0 Å². The van der Waals surface area contributed by atoms with Crippen LogP contribution in [0.2, 0.25) is 10.0 Å². The number of hydrogen-bond donors (Lipinski definition) is 3. The van der Waals surface area contributed by atoms with Crippen LogP contribution in [0.1, 0.15) is 11.1 Å². The van der Waals surface area contributed by atoms with Crippen LogP contribution in [-0.4, -0.2) is 20.7 Å². The van der Waals surface area contributed by atoms with Crippen molar-refractivity contribution in [3.63, 3.8) is 0 Å². The second-order valence-corrected chi connectivity index (χ2v) is 5.96. The van der Waals surface area contributed by atoms with Crippen molar-refractivity contribution in [1.82, 2.24) is 4.57 Å². The molecule has 118 valence electrons. The van der Waals surface area contributed by atoms with Crippen LogP contribution < -0.4 is 5.73 Å². The summed E-state index contributed by atoms with van der Waals surface area (Å²) < 4.78 is 1.68. The first-order chi connectivity index (χ1) is 11.0. The van der Waals surface area contributed by atoms with Gasteiger partial charge in [-0.3, -0.25) is 0 Å². The van der Waals surface area contributed by atoms with Crippen molar-refractivity contribution >= 4 is 39.8 Å². The van der Waals surface area contributed by atoms with Crippen molar-refractivity contribution in [2.75, 3.05) is 0 Å². The van der Waals surface area contributed by atoms with E-state index in [0.717, 1.165) is 5.56 Å². The van der Waals surface area contributed by atoms with Crippen LogP contribution in [0.3, 0.4) is 0 Å². The maximum atomic E-state index is 10.4. The number of aromatic nitrogens is 1. The van der Waals surface area contributed by atoms with Gasteiger partial charge >= 0.3 is 0 Å². The average Bonchev–Trinajstić information content (AvgIpc) is 2.85. The van der Waals surface area contributed by atoms with E-state index in [2.05, 4.69) is 5.16 Å². The number of aromatic hydroxyl groups is 1. The first-order valence-electron chi connectivity index (χ1n) is 6.73. The van der Waals surface area contributed by atoms with Crippen molar-refractivity contribution in [3.8, 4) is 5.88 Å². The fourth-order valence-electron chi connectivity index (χ4n) is 2.45. The van der Waals surface area contributed by atoms with Crippen molar-refractivity contribution in [1.29, 1.82) is 0 Å². The Kier molecular flexibility index (Phi) is 4.07. The highest BCUT2D eigenvalue weighted by molar-refractivity contribution is 6.36. The molecule has 1 aromatic heterocycles. The molecule has 0 atom stereocenters. The summed E-state index contributed by atoms with van der Waals surface area (Å²) in [5, 5.41) is 24.4. The van der Waals surface area contributed by atoms with Crippen LogP contribution in [0.5, 0.6) is 5.88 Å². The van der Waals surface area contributed by atoms with Gasteiger partial charge in [0.25, 0.3) is 0 Å². The molecule has 3 rings (SSSR count). The van der Waals surface area contributed by atoms with Crippen LogP contribution in [0.15, 0.2) is 47.8 Å². The van der Waals surface area contributed by atoms with E-state index < -0.39 is 0 Å². The molecule has 0 aliphatic carbocycles. The van der Waals surface area contributed by atoms with Gasteiger partial charge in [0.15, 0.2) is 5.84 Å². The van der Waals surface area contributed by atoms with Gasteiger partial charge in [-0.05, 0) is 29.8 Å². The molecule has 0 aliphatic rings. The van der Waals surface area contributed by atoms with Gasteiger partial charge in [-0.1, -0.05) is 40.5 Å². The van der Waals surface area contributed by atoms with Crippen LogP contribution in [0.25, 0.3) is 10.8 Å². The number of halogens is 2.